The van der Waals surface area contributed by atoms with Crippen LogP contribution in [0.5, 0.6) is 11.5 Å². The van der Waals surface area contributed by atoms with Crippen molar-refractivity contribution in [2.24, 2.45) is 0 Å². The summed E-state index contributed by atoms with van der Waals surface area (Å²) in [7, 11) is 2.18. The van der Waals surface area contributed by atoms with Crippen LogP contribution >= 0.6 is 0 Å². The molecule has 3 heteroatoms. The Morgan fingerprint density at radius 1 is 0.791 bits per heavy atom. The van der Waals surface area contributed by atoms with Crippen LogP contribution in [0.15, 0.2) is 120 Å². The third-order valence-corrected chi connectivity index (χ3v) is 9.46. The van der Waals surface area contributed by atoms with Crippen LogP contribution in [0.2, 0.25) is 0 Å². The molecule has 0 N–H and O–H groups in total. The predicted molar refractivity (Wildman–Crippen MR) is 178 cm³/mol. The lowest BCUT2D eigenvalue weighted by Crippen LogP contribution is -2.26. The topological polar surface area (TPSA) is 21.5 Å². The molecule has 0 saturated carbocycles. The normalized spacial score (nSPS) is 20.7. The van der Waals surface area contributed by atoms with Gasteiger partial charge in [0.1, 0.15) is 30.1 Å². The largest absolute Gasteiger partial charge is 0.460 e. The molecule has 220 valence electrons. The molecule has 43 heavy (non-hydrogen) atoms. The van der Waals surface area contributed by atoms with Crippen LogP contribution in [0.3, 0.4) is 0 Å². The lowest BCUT2D eigenvalue weighted by Gasteiger charge is -2.23. The van der Waals surface area contributed by atoms with Gasteiger partial charge in [0.25, 0.3) is 0 Å². The Hall–Kier alpha value is -4.11. The van der Waals surface area contributed by atoms with E-state index in [2.05, 4.69) is 144 Å². The van der Waals surface area contributed by atoms with Crippen LogP contribution in [-0.4, -0.2) is 17.3 Å². The van der Waals surface area contributed by atoms with Gasteiger partial charge in [-0.15, -0.1) is 0 Å². The van der Waals surface area contributed by atoms with Gasteiger partial charge in [-0.3, -0.25) is 0 Å². The van der Waals surface area contributed by atoms with E-state index in [4.69, 9.17) is 9.47 Å². The van der Waals surface area contributed by atoms with Crippen LogP contribution in [0.4, 0.5) is 5.69 Å². The lowest BCUT2D eigenvalue weighted by molar-refractivity contribution is -0.401. The molecule has 0 atom stereocenters. The van der Waals surface area contributed by atoms with Crippen molar-refractivity contribution in [3.63, 3.8) is 0 Å². The Kier molecular flexibility index (Phi) is 7.54. The summed E-state index contributed by atoms with van der Waals surface area (Å²) < 4.78 is 15.4. The molecule has 1 aliphatic carbocycles. The fraction of sp³-hybridized carbons (Fsp3) is 0.325. The first-order valence-electron chi connectivity index (χ1n) is 15.7. The molecule has 0 spiro atoms. The van der Waals surface area contributed by atoms with Crippen molar-refractivity contribution in [1.82, 2.24) is 0 Å². The molecular formula is C40H44NO2+. The number of allylic oxidation sites excluding steroid dienone is 7. The molecule has 0 aromatic heterocycles. The van der Waals surface area contributed by atoms with Gasteiger partial charge >= 0.3 is 0 Å². The first-order valence-corrected chi connectivity index (χ1v) is 15.7. The summed E-state index contributed by atoms with van der Waals surface area (Å²) in [5.74, 6) is 4.22. The molecule has 0 saturated heterocycles. The fourth-order valence-electron chi connectivity index (χ4n) is 6.74. The zero-order chi connectivity index (χ0) is 30.4. The molecule has 3 aromatic rings. The first-order chi connectivity index (χ1) is 20.6. The van der Waals surface area contributed by atoms with Crippen molar-refractivity contribution in [3.05, 3.63) is 136 Å². The van der Waals surface area contributed by atoms with Gasteiger partial charge in [-0.25, -0.2) is 0 Å². The Morgan fingerprint density at radius 2 is 1.49 bits per heavy atom. The third kappa shape index (κ3) is 5.31. The number of benzene rings is 3. The van der Waals surface area contributed by atoms with Crippen LogP contribution in [0, 0.1) is 0 Å². The average Bonchev–Trinajstić information content (AvgIpc) is 3.37. The Morgan fingerprint density at radius 3 is 2.19 bits per heavy atom. The number of para-hydroxylation sites is 2. The molecule has 0 bridgehead atoms. The van der Waals surface area contributed by atoms with Gasteiger partial charge in [0.05, 0.1) is 10.8 Å². The molecule has 3 aliphatic rings. The van der Waals surface area contributed by atoms with Crippen molar-refractivity contribution < 1.29 is 14.0 Å². The van der Waals surface area contributed by atoms with Crippen LogP contribution in [-0.2, 0) is 10.8 Å². The summed E-state index contributed by atoms with van der Waals surface area (Å²) >= 11 is 0. The lowest BCUT2D eigenvalue weighted by atomic mass is 9.81. The van der Waals surface area contributed by atoms with Gasteiger partial charge in [-0.2, -0.15) is 4.58 Å². The van der Waals surface area contributed by atoms with Gasteiger partial charge in [0, 0.05) is 23.3 Å². The highest BCUT2D eigenvalue weighted by molar-refractivity contribution is 6.03. The van der Waals surface area contributed by atoms with Crippen LogP contribution in [0.1, 0.15) is 83.4 Å². The van der Waals surface area contributed by atoms with Gasteiger partial charge in [-0.1, -0.05) is 68.5 Å². The van der Waals surface area contributed by atoms with E-state index < -0.39 is 0 Å². The monoisotopic (exact) mass is 570 g/mol. The number of ether oxygens (including phenoxy) is 2. The summed E-state index contributed by atoms with van der Waals surface area (Å²) in [5, 5.41) is 0. The smallest absolute Gasteiger partial charge is 0.209 e. The number of nitrogens with zero attached hydrogens (tertiary/aromatic N) is 1. The van der Waals surface area contributed by atoms with Crippen molar-refractivity contribution >= 4 is 11.4 Å². The van der Waals surface area contributed by atoms with Gasteiger partial charge in [0.2, 0.25) is 5.69 Å². The standard InChI is InChI=1S/C40H44NO2/c1-27(2)28-19-23-31(24-20-28)42-38-29(21-25-36-39(3,4)32-15-8-10-17-34(32)41(36)7)13-12-14-30(38)22-26-37-40(5,6)33-16-9-11-18-35(33)43-37/h8-11,15-27H,12-14H2,1-7H3/q+1/b25-21+,30-22+,37-26+. The second-order valence-electron chi connectivity index (χ2n) is 13.4. The molecule has 0 amide bonds. The van der Waals surface area contributed by atoms with Crippen molar-refractivity contribution in [1.29, 1.82) is 0 Å². The summed E-state index contributed by atoms with van der Waals surface area (Å²) in [6.07, 6.45) is 12.0. The summed E-state index contributed by atoms with van der Waals surface area (Å²) in [6, 6.07) is 25.6. The second-order valence-corrected chi connectivity index (χ2v) is 13.4. The number of hydrogen-bond acceptors (Lipinski definition) is 2. The maximum absolute atomic E-state index is 6.77. The molecule has 6 rings (SSSR count). The number of hydrogen-bond donors (Lipinski definition) is 0. The molecule has 3 aromatic carbocycles. The first kappa shape index (κ1) is 29.0. The highest BCUT2D eigenvalue weighted by Gasteiger charge is 2.42. The number of fused-ring (bicyclic) bond motifs is 2. The third-order valence-electron chi connectivity index (χ3n) is 9.46. The molecule has 2 aliphatic heterocycles. The van der Waals surface area contributed by atoms with E-state index >= 15 is 0 Å². The summed E-state index contributed by atoms with van der Waals surface area (Å²) in [5.41, 5.74) is 8.64. The van der Waals surface area contributed by atoms with Crippen molar-refractivity contribution in [3.8, 4) is 11.5 Å². The Bertz CT molecular complexity index is 1710. The fourth-order valence-corrected chi connectivity index (χ4v) is 6.74. The average molecular weight is 571 g/mol. The van der Waals surface area contributed by atoms with Crippen molar-refractivity contribution in [2.45, 2.75) is 77.6 Å². The predicted octanol–water partition coefficient (Wildman–Crippen LogP) is 10.1. The highest BCUT2D eigenvalue weighted by atomic mass is 16.5. The maximum Gasteiger partial charge on any atom is 0.209 e. The summed E-state index contributed by atoms with van der Waals surface area (Å²) in [4.78, 5) is 0. The van der Waals surface area contributed by atoms with E-state index in [1.807, 2.05) is 6.07 Å². The minimum absolute atomic E-state index is 0.0751. The van der Waals surface area contributed by atoms with E-state index in [9.17, 15) is 0 Å². The van der Waals surface area contributed by atoms with Crippen molar-refractivity contribution in [2.75, 3.05) is 7.05 Å². The van der Waals surface area contributed by atoms with E-state index in [-0.39, 0.29) is 10.8 Å². The van der Waals surface area contributed by atoms with E-state index in [1.165, 1.54) is 39.2 Å². The van der Waals surface area contributed by atoms with E-state index in [0.717, 1.165) is 42.3 Å². The molecular weight excluding hydrogens is 526 g/mol. The molecule has 0 unspecified atom stereocenters. The minimum atomic E-state index is -0.188. The summed E-state index contributed by atoms with van der Waals surface area (Å²) in [6.45, 7) is 13.5. The quantitative estimate of drug-likeness (QED) is 0.275. The van der Waals surface area contributed by atoms with Gasteiger partial charge < -0.3 is 9.47 Å². The van der Waals surface area contributed by atoms with E-state index in [1.54, 1.807) is 0 Å². The Balaban J connectivity index is 1.39. The van der Waals surface area contributed by atoms with Gasteiger partial charge in [-0.05, 0) is 99.9 Å². The maximum atomic E-state index is 6.77. The zero-order valence-corrected chi connectivity index (χ0v) is 26.7. The van der Waals surface area contributed by atoms with E-state index in [0.29, 0.717) is 5.92 Å². The minimum Gasteiger partial charge on any atom is -0.460 e. The van der Waals surface area contributed by atoms with Gasteiger partial charge in [0.15, 0.2) is 5.71 Å². The zero-order valence-electron chi connectivity index (χ0n) is 26.7. The Labute approximate surface area is 257 Å². The SMILES string of the molecule is CC(C)c1ccc(OC2=C(/C=C/C3=[N+](C)c4ccccc4C3(C)C)CCC/C2=C\C=C2\Oc3ccccc3C2(C)C)cc1. The molecule has 2 heterocycles. The molecule has 3 nitrogen and oxygen atoms in total. The second kappa shape index (κ2) is 11.2. The molecule has 0 fully saturated rings. The molecule has 0 radical (unpaired) electrons. The van der Waals surface area contributed by atoms with Crippen LogP contribution < -0.4 is 9.47 Å². The highest BCUT2D eigenvalue weighted by Crippen LogP contribution is 2.45. The van der Waals surface area contributed by atoms with Crippen LogP contribution in [0.25, 0.3) is 0 Å². The number of rotatable bonds is 6.